The van der Waals surface area contributed by atoms with Crippen molar-refractivity contribution in [2.75, 3.05) is 25.5 Å². The summed E-state index contributed by atoms with van der Waals surface area (Å²) in [6.45, 7) is 2.77. The number of ether oxygens (including phenoxy) is 3. The van der Waals surface area contributed by atoms with E-state index in [-0.39, 0.29) is 25.0 Å². The first-order valence-corrected chi connectivity index (χ1v) is 20.2. The molecule has 7 rings (SSSR count). The van der Waals surface area contributed by atoms with Crippen LogP contribution in [0.4, 0.5) is 9.93 Å². The Labute approximate surface area is 318 Å². The number of thiazole rings is 1. The van der Waals surface area contributed by atoms with Crippen molar-refractivity contribution in [2.45, 2.75) is 120 Å². The average molecular weight is 763 g/mol. The molecule has 2 aliphatic heterocycles. The molecule has 0 spiro atoms. The SMILES string of the molecule is CCNc1nc(-c2cc(O[C@@H]3C[C@H]4C(=O)N[C@]5(C(=O)O)CC5CCCCCCC[C@H](NC(=O)OC5CCCC5)C(=O)N4C3)c3ccc(OC)cc3n2)cs1. The van der Waals surface area contributed by atoms with E-state index >= 15 is 0 Å². The topological polar surface area (TPSA) is 181 Å². The van der Waals surface area contributed by atoms with Crippen LogP contribution in [0, 0.1) is 5.92 Å². The number of hydrogen-bond donors (Lipinski definition) is 4. The monoisotopic (exact) mass is 762 g/mol. The van der Waals surface area contributed by atoms with E-state index in [0.29, 0.717) is 59.5 Å². The van der Waals surface area contributed by atoms with E-state index < -0.39 is 47.6 Å². The fourth-order valence-corrected chi connectivity index (χ4v) is 9.00. The molecule has 2 saturated heterocycles. The molecule has 14 nitrogen and oxygen atoms in total. The number of rotatable bonds is 9. The molecule has 0 bridgehead atoms. The molecule has 0 radical (unpaired) electrons. The van der Waals surface area contributed by atoms with Crippen LogP contribution < -0.4 is 25.4 Å². The molecule has 2 aromatic heterocycles. The third-order valence-corrected chi connectivity index (χ3v) is 12.1. The number of amides is 3. The number of methoxy groups -OCH3 is 1. The van der Waals surface area contributed by atoms with Crippen LogP contribution in [0.5, 0.6) is 11.5 Å². The number of benzene rings is 1. The van der Waals surface area contributed by atoms with Crippen LogP contribution in [0.2, 0.25) is 0 Å². The van der Waals surface area contributed by atoms with E-state index in [9.17, 15) is 24.3 Å². The minimum atomic E-state index is -1.36. The van der Waals surface area contributed by atoms with E-state index in [1.54, 1.807) is 7.11 Å². The van der Waals surface area contributed by atoms with Crippen molar-refractivity contribution < 1.29 is 38.5 Å². The van der Waals surface area contributed by atoms with Gasteiger partial charge < -0.3 is 40.2 Å². The summed E-state index contributed by atoms with van der Waals surface area (Å²) >= 11 is 1.47. The number of aromatic nitrogens is 2. The number of hydrogen-bond acceptors (Lipinski definition) is 11. The molecule has 2 saturated carbocycles. The molecule has 4 fully saturated rings. The van der Waals surface area contributed by atoms with Gasteiger partial charge >= 0.3 is 12.1 Å². The number of fused-ring (bicyclic) bond motifs is 3. The summed E-state index contributed by atoms with van der Waals surface area (Å²) in [6, 6.07) is 5.37. The van der Waals surface area contributed by atoms with Gasteiger partial charge in [0.25, 0.3) is 0 Å². The van der Waals surface area contributed by atoms with Gasteiger partial charge in [-0.2, -0.15) is 0 Å². The molecule has 3 amide bonds. The van der Waals surface area contributed by atoms with Crippen LogP contribution in [0.25, 0.3) is 22.3 Å². The van der Waals surface area contributed by atoms with Gasteiger partial charge in [-0.15, -0.1) is 11.3 Å². The Balaban J connectivity index is 1.19. The molecular formula is C39H50N6O8S. The lowest BCUT2D eigenvalue weighted by molar-refractivity contribution is -0.146. The van der Waals surface area contributed by atoms with Crippen molar-refractivity contribution in [3.05, 3.63) is 29.6 Å². The van der Waals surface area contributed by atoms with Crippen molar-refractivity contribution in [2.24, 2.45) is 5.92 Å². The largest absolute Gasteiger partial charge is 0.497 e. The van der Waals surface area contributed by atoms with Crippen LogP contribution in [-0.2, 0) is 19.1 Å². The van der Waals surface area contributed by atoms with Gasteiger partial charge in [0, 0.05) is 35.9 Å². The smallest absolute Gasteiger partial charge is 0.408 e. The number of carbonyl (C=O) groups is 4. The van der Waals surface area contributed by atoms with Crippen LogP contribution in [0.3, 0.4) is 0 Å². The summed E-state index contributed by atoms with van der Waals surface area (Å²) in [5.74, 6) is -1.07. The summed E-state index contributed by atoms with van der Waals surface area (Å²) in [7, 11) is 1.59. The van der Waals surface area contributed by atoms with Gasteiger partial charge in [-0.25, -0.2) is 19.6 Å². The zero-order valence-corrected chi connectivity index (χ0v) is 31.8. The summed E-state index contributed by atoms with van der Waals surface area (Å²) in [4.78, 5) is 65.5. The summed E-state index contributed by atoms with van der Waals surface area (Å²) < 4.78 is 17.9. The molecule has 4 aliphatic rings. The van der Waals surface area contributed by atoms with Gasteiger partial charge in [0.05, 0.1) is 24.9 Å². The second-order valence-corrected chi connectivity index (χ2v) is 15.8. The van der Waals surface area contributed by atoms with E-state index in [4.69, 9.17) is 24.2 Å². The number of nitrogens with one attached hydrogen (secondary N) is 3. The van der Waals surface area contributed by atoms with Crippen LogP contribution in [-0.4, -0.2) is 93.9 Å². The molecule has 1 aromatic carbocycles. The molecule has 4 N–H and O–H groups in total. The van der Waals surface area contributed by atoms with Gasteiger partial charge in [0.2, 0.25) is 11.8 Å². The summed E-state index contributed by atoms with van der Waals surface area (Å²) in [6.07, 6.45) is 7.98. The van der Waals surface area contributed by atoms with Gasteiger partial charge in [-0.3, -0.25) is 9.59 Å². The number of alkyl carbamates (subject to hydrolysis) is 1. The predicted octanol–water partition coefficient (Wildman–Crippen LogP) is 5.89. The minimum absolute atomic E-state index is 0.0485. The number of anilines is 1. The maximum Gasteiger partial charge on any atom is 0.408 e. The molecular weight excluding hydrogens is 713 g/mol. The zero-order chi connectivity index (χ0) is 37.8. The van der Waals surface area contributed by atoms with Crippen molar-refractivity contribution in [3.8, 4) is 22.9 Å². The van der Waals surface area contributed by atoms with Crippen molar-refractivity contribution in [1.29, 1.82) is 0 Å². The number of nitrogens with zero attached hydrogens (tertiary/aromatic N) is 3. The Morgan fingerprint density at radius 1 is 1.00 bits per heavy atom. The molecule has 2 aliphatic carbocycles. The van der Waals surface area contributed by atoms with E-state index in [1.165, 1.54) is 16.2 Å². The third-order valence-electron chi connectivity index (χ3n) is 11.3. The lowest BCUT2D eigenvalue weighted by Gasteiger charge is -2.29. The van der Waals surface area contributed by atoms with Crippen molar-refractivity contribution in [3.63, 3.8) is 0 Å². The first kappa shape index (κ1) is 37.6. The lowest BCUT2D eigenvalue weighted by Crippen LogP contribution is -2.56. The van der Waals surface area contributed by atoms with Crippen LogP contribution in [0.15, 0.2) is 29.6 Å². The fourth-order valence-electron chi connectivity index (χ4n) is 8.22. The van der Waals surface area contributed by atoms with Crippen LogP contribution >= 0.6 is 11.3 Å². The van der Waals surface area contributed by atoms with E-state index in [1.807, 2.05) is 36.6 Å². The first-order valence-electron chi connectivity index (χ1n) is 19.4. The zero-order valence-electron chi connectivity index (χ0n) is 30.9. The highest BCUT2D eigenvalue weighted by Gasteiger charge is 2.62. The Morgan fingerprint density at radius 2 is 1.76 bits per heavy atom. The van der Waals surface area contributed by atoms with E-state index in [2.05, 4.69) is 16.0 Å². The maximum absolute atomic E-state index is 14.5. The molecule has 54 heavy (non-hydrogen) atoms. The Morgan fingerprint density at radius 3 is 2.52 bits per heavy atom. The average Bonchev–Trinajstić information content (AvgIpc) is 3.59. The number of aliphatic carboxylic acids is 1. The van der Waals surface area contributed by atoms with Gasteiger partial charge in [0.15, 0.2) is 5.13 Å². The highest BCUT2D eigenvalue weighted by molar-refractivity contribution is 7.14. The van der Waals surface area contributed by atoms with Crippen LogP contribution in [0.1, 0.15) is 90.4 Å². The maximum atomic E-state index is 14.5. The van der Waals surface area contributed by atoms with Gasteiger partial charge in [-0.05, 0) is 69.9 Å². The molecule has 3 aromatic rings. The number of carbonyl (C=O) groups excluding carboxylic acids is 3. The molecule has 4 heterocycles. The van der Waals surface area contributed by atoms with Crippen molar-refractivity contribution in [1.82, 2.24) is 25.5 Å². The predicted molar refractivity (Wildman–Crippen MR) is 203 cm³/mol. The standard InChI is InChI=1S/C39H50N6O8S/c1-3-40-37-42-31(22-54-37)30-19-33(27-16-15-25(51-2)17-29(27)41-30)52-26-18-32-34(46)44-39(36(48)49)20-23(39)11-7-5-4-6-8-14-28(35(47)45(32)21-26)43-38(50)53-24-12-9-10-13-24/h15-17,19,22-24,26,28,32H,3-14,18,20-21H2,1-2H3,(H,40,42)(H,43,50)(H,44,46)(H,48,49)/t23?,26-,28+,32+,39-/m1/s1. The Hall–Kier alpha value is -4.66. The number of pyridine rings is 1. The number of carboxylic acids is 1. The van der Waals surface area contributed by atoms with Gasteiger partial charge in [-0.1, -0.05) is 32.1 Å². The molecule has 15 heteroatoms. The normalized spacial score (nSPS) is 26.5. The lowest BCUT2D eigenvalue weighted by atomic mass is 10.0. The summed E-state index contributed by atoms with van der Waals surface area (Å²) in [5.41, 5.74) is 0.508. The Bertz CT molecular complexity index is 1870. The fraction of sp³-hybridized carbons (Fsp3) is 0.590. The number of carboxylic acid groups (broad SMARTS) is 1. The second-order valence-electron chi connectivity index (χ2n) is 15.0. The highest BCUT2D eigenvalue weighted by Crippen LogP contribution is 2.47. The first-order chi connectivity index (χ1) is 26.2. The van der Waals surface area contributed by atoms with E-state index in [0.717, 1.165) is 63.0 Å². The molecule has 290 valence electrons. The Kier molecular flexibility index (Phi) is 11.4. The molecule has 1 unspecified atom stereocenters. The second kappa shape index (κ2) is 16.4. The van der Waals surface area contributed by atoms with Gasteiger partial charge in [0.1, 0.15) is 47.0 Å². The highest BCUT2D eigenvalue weighted by atomic mass is 32.1. The minimum Gasteiger partial charge on any atom is -0.497 e. The molecule has 5 atom stereocenters. The van der Waals surface area contributed by atoms with Crippen molar-refractivity contribution >= 4 is 51.2 Å². The quantitative estimate of drug-likeness (QED) is 0.204. The third kappa shape index (κ3) is 8.20. The summed E-state index contributed by atoms with van der Waals surface area (Å²) in [5, 5.41) is 22.6.